The highest BCUT2D eigenvalue weighted by molar-refractivity contribution is 8.01. The van der Waals surface area contributed by atoms with Gasteiger partial charge in [-0.1, -0.05) is 41.3 Å². The molecule has 2 aromatic carbocycles. The first kappa shape index (κ1) is 20.9. The Morgan fingerprint density at radius 3 is 2.79 bits per heavy atom. The predicted molar refractivity (Wildman–Crippen MR) is 117 cm³/mol. The van der Waals surface area contributed by atoms with Crippen LogP contribution in [0.5, 0.6) is 11.5 Å². The molecule has 152 valence electrons. The number of thioether (sulfide) groups is 1. The molecule has 3 rings (SSSR count). The third-order valence-corrected chi connectivity index (χ3v) is 5.71. The number of rotatable bonds is 10. The minimum absolute atomic E-state index is 0.0691. The van der Waals surface area contributed by atoms with Crippen LogP contribution < -0.4 is 20.1 Å². The molecule has 2 N–H and O–H groups in total. The molecule has 7 nitrogen and oxygen atoms in total. The third kappa shape index (κ3) is 6.95. The lowest BCUT2D eigenvalue weighted by molar-refractivity contribution is -0.118. The van der Waals surface area contributed by atoms with Crippen molar-refractivity contribution in [1.82, 2.24) is 15.5 Å². The van der Waals surface area contributed by atoms with Crippen molar-refractivity contribution in [2.45, 2.75) is 11.3 Å². The summed E-state index contributed by atoms with van der Waals surface area (Å²) in [4.78, 5) is 12.0. The van der Waals surface area contributed by atoms with Crippen LogP contribution in [0.2, 0.25) is 0 Å². The number of carbonyl (C=O) groups is 1. The van der Waals surface area contributed by atoms with Gasteiger partial charge in [0, 0.05) is 11.8 Å². The molecular formula is C20H22N4O3S2. The van der Waals surface area contributed by atoms with Gasteiger partial charge in [-0.3, -0.25) is 4.79 Å². The standard InChI is InChI=1S/C20H22N4O3S2/c1-14-5-3-8-17(11-14)27-10-9-21-18(25)13-28-20-24-23-19(29-20)22-15-6-4-7-16(12-15)26-2/h3-8,11-12H,9-10,13H2,1-2H3,(H,21,25)(H,22,23). The molecule has 0 aliphatic heterocycles. The van der Waals surface area contributed by atoms with Gasteiger partial charge in [-0.25, -0.2) is 0 Å². The zero-order chi connectivity index (χ0) is 20.5. The van der Waals surface area contributed by atoms with Gasteiger partial charge in [0.2, 0.25) is 11.0 Å². The van der Waals surface area contributed by atoms with Crippen molar-refractivity contribution in [3.63, 3.8) is 0 Å². The molecule has 0 spiro atoms. The van der Waals surface area contributed by atoms with E-state index >= 15 is 0 Å². The summed E-state index contributed by atoms with van der Waals surface area (Å²) in [5, 5.41) is 14.9. The smallest absolute Gasteiger partial charge is 0.230 e. The summed E-state index contributed by atoms with van der Waals surface area (Å²) >= 11 is 2.75. The van der Waals surface area contributed by atoms with Crippen LogP contribution in [0.1, 0.15) is 5.56 Å². The maximum absolute atomic E-state index is 12.0. The van der Waals surface area contributed by atoms with Crippen molar-refractivity contribution in [2.75, 3.05) is 31.3 Å². The zero-order valence-corrected chi connectivity index (χ0v) is 17.8. The summed E-state index contributed by atoms with van der Waals surface area (Å²) in [5.74, 6) is 1.77. The second kappa shape index (κ2) is 10.7. The Balaban J connectivity index is 1.37. The number of aromatic nitrogens is 2. The highest BCUT2D eigenvalue weighted by Crippen LogP contribution is 2.28. The first-order chi connectivity index (χ1) is 14.1. The Morgan fingerprint density at radius 2 is 1.97 bits per heavy atom. The van der Waals surface area contributed by atoms with Gasteiger partial charge >= 0.3 is 0 Å². The van der Waals surface area contributed by atoms with Crippen molar-refractivity contribution in [3.8, 4) is 11.5 Å². The topological polar surface area (TPSA) is 85.4 Å². The fourth-order valence-corrected chi connectivity index (χ4v) is 3.99. The normalized spacial score (nSPS) is 10.4. The van der Waals surface area contributed by atoms with E-state index in [2.05, 4.69) is 20.8 Å². The lowest BCUT2D eigenvalue weighted by Gasteiger charge is -2.07. The largest absolute Gasteiger partial charge is 0.497 e. The average molecular weight is 431 g/mol. The molecule has 0 saturated carbocycles. The second-order valence-electron chi connectivity index (χ2n) is 6.03. The highest BCUT2D eigenvalue weighted by atomic mass is 32.2. The van der Waals surface area contributed by atoms with E-state index in [0.29, 0.717) is 18.3 Å². The van der Waals surface area contributed by atoms with Crippen LogP contribution in [0.4, 0.5) is 10.8 Å². The molecule has 9 heteroatoms. The molecule has 0 atom stereocenters. The molecule has 0 unspecified atom stereocenters. The lowest BCUT2D eigenvalue weighted by Crippen LogP contribution is -2.29. The molecule has 1 heterocycles. The molecule has 0 saturated heterocycles. The third-order valence-electron chi connectivity index (χ3n) is 3.74. The number of hydrogen-bond donors (Lipinski definition) is 2. The van der Waals surface area contributed by atoms with Gasteiger partial charge in [0.1, 0.15) is 18.1 Å². The molecule has 0 aliphatic rings. The number of methoxy groups -OCH3 is 1. The van der Waals surface area contributed by atoms with Crippen LogP contribution in [-0.2, 0) is 4.79 Å². The minimum Gasteiger partial charge on any atom is -0.497 e. The SMILES string of the molecule is COc1cccc(Nc2nnc(SCC(=O)NCCOc3cccc(C)c3)s2)c1. The number of carbonyl (C=O) groups excluding carboxylic acids is 1. The summed E-state index contributed by atoms with van der Waals surface area (Å²) in [6.07, 6.45) is 0. The number of aryl methyl sites for hydroxylation is 1. The summed E-state index contributed by atoms with van der Waals surface area (Å²) in [7, 11) is 1.62. The van der Waals surface area contributed by atoms with Crippen LogP contribution >= 0.6 is 23.1 Å². The van der Waals surface area contributed by atoms with Crippen LogP contribution in [0.3, 0.4) is 0 Å². The van der Waals surface area contributed by atoms with Gasteiger partial charge in [-0.15, -0.1) is 10.2 Å². The number of ether oxygens (including phenoxy) is 2. The number of anilines is 2. The molecule has 0 radical (unpaired) electrons. The summed E-state index contributed by atoms with van der Waals surface area (Å²) in [6.45, 7) is 2.89. The van der Waals surface area contributed by atoms with Crippen molar-refractivity contribution in [3.05, 3.63) is 54.1 Å². The molecule has 3 aromatic rings. The van der Waals surface area contributed by atoms with Gasteiger partial charge < -0.3 is 20.1 Å². The maximum atomic E-state index is 12.0. The molecule has 0 aliphatic carbocycles. The summed E-state index contributed by atoms with van der Waals surface area (Å²) in [5.41, 5.74) is 2.00. The molecule has 29 heavy (non-hydrogen) atoms. The van der Waals surface area contributed by atoms with Gasteiger partial charge in [0.25, 0.3) is 0 Å². The fraction of sp³-hybridized carbons (Fsp3) is 0.250. The molecular weight excluding hydrogens is 408 g/mol. The van der Waals surface area contributed by atoms with Crippen LogP contribution in [0.15, 0.2) is 52.9 Å². The molecule has 1 amide bonds. The minimum atomic E-state index is -0.0691. The summed E-state index contributed by atoms with van der Waals surface area (Å²) in [6, 6.07) is 15.4. The van der Waals surface area contributed by atoms with Crippen LogP contribution in [0.25, 0.3) is 0 Å². The predicted octanol–water partition coefficient (Wildman–Crippen LogP) is 3.89. The number of hydrogen-bond acceptors (Lipinski definition) is 8. The number of benzene rings is 2. The highest BCUT2D eigenvalue weighted by Gasteiger charge is 2.09. The Bertz CT molecular complexity index is 949. The van der Waals surface area contributed by atoms with E-state index in [4.69, 9.17) is 9.47 Å². The number of amides is 1. The van der Waals surface area contributed by atoms with Gasteiger partial charge in [-0.05, 0) is 36.8 Å². The quantitative estimate of drug-likeness (QED) is 0.373. The number of nitrogens with one attached hydrogen (secondary N) is 2. The first-order valence-corrected chi connectivity index (χ1v) is 10.8. The van der Waals surface area contributed by atoms with E-state index in [9.17, 15) is 4.79 Å². The summed E-state index contributed by atoms with van der Waals surface area (Å²) < 4.78 is 11.5. The average Bonchev–Trinajstić information content (AvgIpc) is 3.17. The van der Waals surface area contributed by atoms with Crippen molar-refractivity contribution < 1.29 is 14.3 Å². The monoisotopic (exact) mass is 430 g/mol. The van der Waals surface area contributed by atoms with E-state index in [1.165, 1.54) is 23.1 Å². The molecule has 0 fully saturated rings. The Labute approximate surface area is 177 Å². The van der Waals surface area contributed by atoms with Gasteiger partial charge in [-0.2, -0.15) is 0 Å². The van der Waals surface area contributed by atoms with Crippen LogP contribution in [-0.4, -0.2) is 42.1 Å². The number of nitrogens with zero attached hydrogens (tertiary/aromatic N) is 2. The van der Waals surface area contributed by atoms with E-state index in [1.54, 1.807) is 7.11 Å². The lowest BCUT2D eigenvalue weighted by atomic mass is 10.2. The molecule has 0 bridgehead atoms. The van der Waals surface area contributed by atoms with Gasteiger partial charge in [0.15, 0.2) is 4.34 Å². The Kier molecular flexibility index (Phi) is 7.71. The Hall–Kier alpha value is -2.78. The van der Waals surface area contributed by atoms with E-state index in [-0.39, 0.29) is 11.7 Å². The van der Waals surface area contributed by atoms with E-state index < -0.39 is 0 Å². The molecule has 1 aromatic heterocycles. The fourth-order valence-electron chi connectivity index (χ4n) is 2.39. The maximum Gasteiger partial charge on any atom is 0.230 e. The van der Waals surface area contributed by atoms with Crippen molar-refractivity contribution in [2.24, 2.45) is 0 Å². The second-order valence-corrected chi connectivity index (χ2v) is 8.23. The van der Waals surface area contributed by atoms with Crippen molar-refractivity contribution in [1.29, 1.82) is 0 Å². The van der Waals surface area contributed by atoms with Gasteiger partial charge in [0.05, 0.1) is 19.4 Å². The van der Waals surface area contributed by atoms with E-state index in [1.807, 2.05) is 55.5 Å². The zero-order valence-electron chi connectivity index (χ0n) is 16.2. The van der Waals surface area contributed by atoms with Crippen molar-refractivity contribution >= 4 is 39.8 Å². The van der Waals surface area contributed by atoms with Crippen LogP contribution in [0, 0.1) is 6.92 Å². The first-order valence-electron chi connectivity index (χ1n) is 8.96. The Morgan fingerprint density at radius 1 is 1.14 bits per heavy atom. The van der Waals surface area contributed by atoms with E-state index in [0.717, 1.165) is 27.1 Å².